The standard InChI is InChI=1S/C25H40N4O5/c1-33-18-15-29(13-3-2-6-21-8-7-19-5-4-12-26-23(19)27-21)14-9-22(25(31)32)28-24(30)20-10-16-34-17-11-20/h7-8,20,22H,2-6,9-18H2,1H3,(H,26,27)(H,28,30)(H,31,32)/t22-/m0/s1. The van der Waals surface area contributed by atoms with Gasteiger partial charge in [0, 0.05) is 51.6 Å². The number of hydrogen-bond acceptors (Lipinski definition) is 7. The second-order valence-corrected chi connectivity index (χ2v) is 9.21. The number of anilines is 1. The molecule has 190 valence electrons. The number of unbranched alkanes of at least 4 members (excludes halogenated alkanes) is 1. The molecule has 0 bridgehead atoms. The monoisotopic (exact) mass is 476 g/mol. The Bertz CT molecular complexity index is 785. The van der Waals surface area contributed by atoms with Crippen LogP contribution < -0.4 is 10.6 Å². The van der Waals surface area contributed by atoms with Gasteiger partial charge in [0.2, 0.25) is 5.91 Å². The number of nitrogens with zero attached hydrogens (tertiary/aromatic N) is 2. The quantitative estimate of drug-likeness (QED) is 0.350. The number of aryl methyl sites for hydroxylation is 2. The summed E-state index contributed by atoms with van der Waals surface area (Å²) < 4.78 is 10.5. The number of pyridine rings is 1. The molecule has 0 spiro atoms. The minimum absolute atomic E-state index is 0.160. The SMILES string of the molecule is COCCN(CCCCc1ccc2c(n1)NCCC2)CC[C@H](NC(=O)C1CCOCC1)C(=O)O. The number of amides is 1. The minimum Gasteiger partial charge on any atom is -0.480 e. The Kier molecular flexibility index (Phi) is 11.0. The van der Waals surface area contributed by atoms with E-state index in [9.17, 15) is 14.7 Å². The molecule has 0 aliphatic carbocycles. The number of carboxylic acids is 1. The van der Waals surface area contributed by atoms with Gasteiger partial charge in [0.15, 0.2) is 0 Å². The number of hydrogen-bond donors (Lipinski definition) is 3. The Hall–Kier alpha value is -2.23. The van der Waals surface area contributed by atoms with Crippen molar-refractivity contribution in [3.05, 3.63) is 23.4 Å². The zero-order valence-corrected chi connectivity index (χ0v) is 20.4. The number of fused-ring (bicyclic) bond motifs is 1. The normalized spacial score (nSPS) is 17.1. The predicted octanol–water partition coefficient (Wildman–Crippen LogP) is 2.10. The number of carboxylic acid groups (broad SMARTS) is 1. The van der Waals surface area contributed by atoms with Crippen LogP contribution in [-0.2, 0) is 31.9 Å². The van der Waals surface area contributed by atoms with Crippen LogP contribution in [0.5, 0.6) is 0 Å². The van der Waals surface area contributed by atoms with Gasteiger partial charge in [-0.1, -0.05) is 6.07 Å². The highest BCUT2D eigenvalue weighted by Crippen LogP contribution is 2.20. The van der Waals surface area contributed by atoms with E-state index in [1.54, 1.807) is 7.11 Å². The maximum Gasteiger partial charge on any atom is 0.326 e. The molecule has 1 aromatic rings. The summed E-state index contributed by atoms with van der Waals surface area (Å²) in [4.78, 5) is 31.3. The molecule has 34 heavy (non-hydrogen) atoms. The molecule has 1 amide bonds. The third kappa shape index (κ3) is 8.52. The third-order valence-electron chi connectivity index (χ3n) is 6.66. The van der Waals surface area contributed by atoms with E-state index in [0.29, 0.717) is 45.6 Å². The second-order valence-electron chi connectivity index (χ2n) is 9.21. The fourth-order valence-corrected chi connectivity index (χ4v) is 4.52. The molecule has 3 rings (SSSR count). The summed E-state index contributed by atoms with van der Waals surface area (Å²) in [5, 5.41) is 15.8. The number of carbonyl (C=O) groups excluding carboxylic acids is 1. The summed E-state index contributed by atoms with van der Waals surface area (Å²) in [6.45, 7) is 4.87. The lowest BCUT2D eigenvalue weighted by molar-refractivity contribution is -0.143. The smallest absolute Gasteiger partial charge is 0.326 e. The van der Waals surface area contributed by atoms with Crippen LogP contribution >= 0.6 is 0 Å². The van der Waals surface area contributed by atoms with Crippen molar-refractivity contribution in [1.82, 2.24) is 15.2 Å². The number of aromatic nitrogens is 1. The maximum absolute atomic E-state index is 12.5. The molecule has 0 aromatic carbocycles. The minimum atomic E-state index is -0.987. The Morgan fingerprint density at radius 2 is 2.09 bits per heavy atom. The number of rotatable bonds is 14. The molecule has 0 radical (unpaired) electrons. The van der Waals surface area contributed by atoms with Crippen LogP contribution in [0.2, 0.25) is 0 Å². The molecule has 3 N–H and O–H groups in total. The molecule has 1 atom stereocenters. The maximum atomic E-state index is 12.5. The van der Waals surface area contributed by atoms with Gasteiger partial charge in [-0.3, -0.25) is 4.79 Å². The van der Waals surface area contributed by atoms with Gasteiger partial charge in [-0.2, -0.15) is 0 Å². The highest BCUT2D eigenvalue weighted by molar-refractivity contribution is 5.85. The van der Waals surface area contributed by atoms with Gasteiger partial charge in [-0.25, -0.2) is 9.78 Å². The molecule has 9 heteroatoms. The van der Waals surface area contributed by atoms with Crippen LogP contribution in [0.15, 0.2) is 12.1 Å². The van der Waals surface area contributed by atoms with Gasteiger partial charge in [-0.15, -0.1) is 0 Å². The van der Waals surface area contributed by atoms with Crippen molar-refractivity contribution < 1.29 is 24.2 Å². The lowest BCUT2D eigenvalue weighted by Gasteiger charge is -2.26. The molecule has 0 saturated carbocycles. The first-order valence-corrected chi connectivity index (χ1v) is 12.6. The van der Waals surface area contributed by atoms with Crippen molar-refractivity contribution in [3.63, 3.8) is 0 Å². The number of methoxy groups -OCH3 is 1. The van der Waals surface area contributed by atoms with Gasteiger partial charge in [0.25, 0.3) is 0 Å². The summed E-state index contributed by atoms with van der Waals surface area (Å²) in [7, 11) is 1.67. The zero-order chi connectivity index (χ0) is 24.2. The van der Waals surface area contributed by atoms with Crippen LogP contribution in [0.25, 0.3) is 0 Å². The van der Waals surface area contributed by atoms with Gasteiger partial charge < -0.3 is 30.1 Å². The molecule has 0 unspecified atom stereocenters. The van der Waals surface area contributed by atoms with E-state index in [0.717, 1.165) is 63.3 Å². The van der Waals surface area contributed by atoms with Crippen LogP contribution in [0.4, 0.5) is 5.82 Å². The molecule has 2 aliphatic rings. The van der Waals surface area contributed by atoms with Crippen molar-refractivity contribution in [2.24, 2.45) is 5.92 Å². The van der Waals surface area contributed by atoms with Gasteiger partial charge in [-0.05, 0) is 69.5 Å². The van der Waals surface area contributed by atoms with Crippen molar-refractivity contribution in [2.75, 3.05) is 58.4 Å². The molecular formula is C25H40N4O5. The lowest BCUT2D eigenvalue weighted by atomic mass is 9.98. The molecule has 3 heterocycles. The summed E-state index contributed by atoms with van der Waals surface area (Å²) in [5.74, 6) is -0.286. The van der Waals surface area contributed by atoms with E-state index >= 15 is 0 Å². The van der Waals surface area contributed by atoms with Crippen molar-refractivity contribution in [2.45, 2.75) is 57.4 Å². The van der Waals surface area contributed by atoms with Crippen LogP contribution in [0.3, 0.4) is 0 Å². The summed E-state index contributed by atoms with van der Waals surface area (Å²) in [6, 6.07) is 3.44. The molecule has 9 nitrogen and oxygen atoms in total. The topological polar surface area (TPSA) is 113 Å². The molecule has 2 aliphatic heterocycles. The summed E-state index contributed by atoms with van der Waals surface area (Å²) in [6.07, 6.45) is 6.84. The Morgan fingerprint density at radius 1 is 1.26 bits per heavy atom. The largest absolute Gasteiger partial charge is 0.480 e. The molecule has 1 saturated heterocycles. The zero-order valence-electron chi connectivity index (χ0n) is 20.4. The number of ether oxygens (including phenoxy) is 2. The fourth-order valence-electron chi connectivity index (χ4n) is 4.52. The van der Waals surface area contributed by atoms with E-state index < -0.39 is 12.0 Å². The highest BCUT2D eigenvalue weighted by Gasteiger charge is 2.27. The van der Waals surface area contributed by atoms with Crippen LogP contribution in [0, 0.1) is 5.92 Å². The number of carbonyl (C=O) groups is 2. The van der Waals surface area contributed by atoms with Crippen molar-refractivity contribution in [1.29, 1.82) is 0 Å². The Morgan fingerprint density at radius 3 is 2.85 bits per heavy atom. The number of aliphatic carboxylic acids is 1. The first-order valence-electron chi connectivity index (χ1n) is 12.6. The Balaban J connectivity index is 1.43. The average molecular weight is 477 g/mol. The first-order chi connectivity index (χ1) is 16.6. The van der Waals surface area contributed by atoms with Crippen LogP contribution in [-0.4, -0.2) is 86.0 Å². The Labute approximate surface area is 202 Å². The lowest BCUT2D eigenvalue weighted by Crippen LogP contribution is -2.46. The van der Waals surface area contributed by atoms with E-state index in [1.807, 2.05) is 0 Å². The van der Waals surface area contributed by atoms with E-state index in [-0.39, 0.29) is 11.8 Å². The summed E-state index contributed by atoms with van der Waals surface area (Å²) in [5.41, 5.74) is 2.41. The van der Waals surface area contributed by atoms with Gasteiger partial charge in [0.1, 0.15) is 11.9 Å². The predicted molar refractivity (Wildman–Crippen MR) is 130 cm³/mol. The average Bonchev–Trinajstić information content (AvgIpc) is 2.86. The van der Waals surface area contributed by atoms with E-state index in [4.69, 9.17) is 14.5 Å². The third-order valence-corrected chi connectivity index (χ3v) is 6.66. The second kappa shape index (κ2) is 14.2. The van der Waals surface area contributed by atoms with Crippen LogP contribution in [0.1, 0.15) is 49.8 Å². The fraction of sp³-hybridized carbons (Fsp3) is 0.720. The van der Waals surface area contributed by atoms with E-state index in [1.165, 1.54) is 5.56 Å². The molecule has 1 aromatic heterocycles. The van der Waals surface area contributed by atoms with Crippen molar-refractivity contribution >= 4 is 17.7 Å². The van der Waals surface area contributed by atoms with E-state index in [2.05, 4.69) is 27.7 Å². The molecule has 1 fully saturated rings. The number of nitrogens with one attached hydrogen (secondary N) is 2. The summed E-state index contributed by atoms with van der Waals surface area (Å²) >= 11 is 0. The van der Waals surface area contributed by atoms with Crippen molar-refractivity contribution in [3.8, 4) is 0 Å². The highest BCUT2D eigenvalue weighted by atomic mass is 16.5. The van der Waals surface area contributed by atoms with Gasteiger partial charge >= 0.3 is 5.97 Å². The van der Waals surface area contributed by atoms with Gasteiger partial charge in [0.05, 0.1) is 6.61 Å². The first kappa shape index (κ1) is 26.4. The molecular weight excluding hydrogens is 436 g/mol.